The van der Waals surface area contributed by atoms with E-state index in [-0.39, 0.29) is 43.7 Å². The third-order valence-electron chi connectivity index (χ3n) is 13.0. The average molecular weight is 773 g/mol. The predicted molar refractivity (Wildman–Crippen MR) is 270 cm³/mol. The summed E-state index contributed by atoms with van der Waals surface area (Å²) < 4.78 is 6.58. The lowest BCUT2D eigenvalue weighted by atomic mass is 9.59. The molecule has 11 rings (SSSR count). The second-order valence-electron chi connectivity index (χ2n) is 16.8. The number of nitrogens with zero attached hydrogens (tertiary/aromatic N) is 1. The minimum Gasteiger partial charge on any atom is -0.455 e. The zero-order chi connectivity index (χ0) is 42.8. The van der Waals surface area contributed by atoms with Crippen LogP contribution in [0, 0.1) is 0 Å². The maximum atomic E-state index is 7.08. The summed E-state index contributed by atoms with van der Waals surface area (Å²) >= 11 is 0. The number of hydrogen-bond acceptors (Lipinski definition) is 2. The first-order valence-electron chi connectivity index (χ1n) is 20.5. The fourth-order valence-corrected chi connectivity index (χ4v) is 10.0. The summed E-state index contributed by atoms with van der Waals surface area (Å²) in [6.07, 6.45) is 0. The number of benzene rings is 9. The minimum absolute atomic E-state index is 0.128. The molecule has 1 aromatic heterocycles. The Labute approximate surface area is 370 Å². The molecule has 62 heavy (non-hydrogen) atoms. The molecule has 9 heteroatoms. The third-order valence-corrected chi connectivity index (χ3v) is 13.0. The van der Waals surface area contributed by atoms with Crippen molar-refractivity contribution < 1.29 is 4.42 Å². The maximum absolute atomic E-state index is 7.08. The fourth-order valence-electron chi connectivity index (χ4n) is 10.0. The summed E-state index contributed by atoms with van der Waals surface area (Å²) in [5.41, 5.74) is 14.0. The molecule has 0 amide bonds. The highest BCUT2D eigenvalue weighted by Crippen LogP contribution is 2.52. The predicted octanol–water partition coefficient (Wildman–Crippen LogP) is 6.56. The van der Waals surface area contributed by atoms with Crippen LogP contribution in [0.4, 0.5) is 17.1 Å². The van der Waals surface area contributed by atoms with Crippen molar-refractivity contribution in [3.8, 4) is 33.4 Å². The van der Waals surface area contributed by atoms with E-state index in [2.05, 4.69) is 123 Å². The second-order valence-corrected chi connectivity index (χ2v) is 16.8. The first-order valence-corrected chi connectivity index (χ1v) is 20.5. The van der Waals surface area contributed by atoms with E-state index in [9.17, 15) is 0 Å². The Hall–Kier alpha value is -6.45. The zero-order valence-corrected chi connectivity index (χ0v) is 34.3. The van der Waals surface area contributed by atoms with Crippen LogP contribution in [0.5, 0.6) is 0 Å². The second kappa shape index (κ2) is 14.0. The molecule has 1 aliphatic carbocycles. The lowest BCUT2D eigenvalue weighted by Gasteiger charge is -2.33. The van der Waals surface area contributed by atoms with Gasteiger partial charge in [-0.05, 0) is 97.1 Å². The molecule has 0 unspecified atom stereocenters. The summed E-state index contributed by atoms with van der Waals surface area (Å²) in [5, 5.41) is 5.06. The molecule has 1 aliphatic rings. The Morgan fingerprint density at radius 3 is 1.85 bits per heavy atom. The van der Waals surface area contributed by atoms with Gasteiger partial charge in [-0.25, -0.2) is 0 Å². The van der Waals surface area contributed by atoms with Crippen LogP contribution >= 0.6 is 0 Å². The summed E-state index contributed by atoms with van der Waals surface area (Å²) in [6.45, 7) is 4.60. The fraction of sp³-hybridized carbons (Fsp3) is 0.0566. The first kappa shape index (κ1) is 38.5. The number of fused-ring (bicyclic) bond motifs is 9. The topological polar surface area (TPSA) is 16.4 Å². The lowest BCUT2D eigenvalue weighted by molar-refractivity contribution is 0.662. The molecule has 9 aromatic carbocycles. The number of hydrogen-bond donors (Lipinski definition) is 0. The van der Waals surface area contributed by atoms with Gasteiger partial charge in [-0.15, -0.1) is 16.4 Å². The van der Waals surface area contributed by atoms with E-state index in [4.69, 9.17) is 59.3 Å². The van der Waals surface area contributed by atoms with Crippen molar-refractivity contribution in [2.75, 3.05) is 4.90 Å². The zero-order valence-electron chi connectivity index (χ0n) is 34.3. The van der Waals surface area contributed by atoms with E-state index in [0.717, 1.165) is 60.8 Å². The van der Waals surface area contributed by atoms with Crippen LogP contribution in [0.3, 0.4) is 0 Å². The highest BCUT2D eigenvalue weighted by Gasteiger charge is 2.37. The third kappa shape index (κ3) is 5.46. The number of furan rings is 1. The van der Waals surface area contributed by atoms with Crippen LogP contribution < -0.4 is 43.1 Å². The molecule has 0 fully saturated rings. The number of rotatable bonds is 5. The van der Waals surface area contributed by atoms with Gasteiger partial charge in [0.2, 0.25) is 0 Å². The van der Waals surface area contributed by atoms with Crippen LogP contribution in [0.2, 0.25) is 0 Å². The van der Waals surface area contributed by atoms with Gasteiger partial charge in [0.05, 0.1) is 0 Å². The lowest BCUT2D eigenvalue weighted by Crippen LogP contribution is -2.52. The Bertz CT molecular complexity index is 3530. The van der Waals surface area contributed by atoms with E-state index < -0.39 is 0 Å². The van der Waals surface area contributed by atoms with Crippen LogP contribution in [0.15, 0.2) is 150 Å². The number of anilines is 3. The molecule has 1 heterocycles. The van der Waals surface area contributed by atoms with Gasteiger partial charge in [0.1, 0.15) is 66.1 Å². The van der Waals surface area contributed by atoms with Gasteiger partial charge in [0.25, 0.3) is 0 Å². The smallest absolute Gasteiger partial charge is 0.143 e. The van der Waals surface area contributed by atoms with Crippen molar-refractivity contribution >= 4 is 154 Å². The monoisotopic (exact) mass is 773 g/mol. The molecular formula is C53H30B7NO. The highest BCUT2D eigenvalue weighted by molar-refractivity contribution is 6.72. The van der Waals surface area contributed by atoms with Gasteiger partial charge in [0.15, 0.2) is 0 Å². The molecule has 0 bridgehead atoms. The highest BCUT2D eigenvalue weighted by atomic mass is 16.3. The van der Waals surface area contributed by atoms with E-state index in [1.54, 1.807) is 0 Å². The largest absolute Gasteiger partial charge is 0.455 e. The Balaban J connectivity index is 1.14. The van der Waals surface area contributed by atoms with Crippen molar-refractivity contribution in [3.63, 3.8) is 0 Å². The van der Waals surface area contributed by atoms with Crippen LogP contribution in [0.1, 0.15) is 25.0 Å². The molecule has 2 nitrogen and oxygen atoms in total. The van der Waals surface area contributed by atoms with Gasteiger partial charge in [-0.1, -0.05) is 145 Å². The normalized spacial score (nSPS) is 12.9. The summed E-state index contributed by atoms with van der Waals surface area (Å²) in [6, 6.07) is 50.7. The molecule has 0 saturated heterocycles. The average Bonchev–Trinajstić information content (AvgIpc) is 3.80. The molecule has 0 atom stereocenters. The Morgan fingerprint density at radius 2 is 1.06 bits per heavy atom. The van der Waals surface area contributed by atoms with E-state index in [1.807, 2.05) is 41.3 Å². The molecule has 0 aliphatic heterocycles. The van der Waals surface area contributed by atoms with Crippen LogP contribution in [0.25, 0.3) is 76.9 Å². The van der Waals surface area contributed by atoms with Crippen LogP contribution in [-0.2, 0) is 5.41 Å². The van der Waals surface area contributed by atoms with Crippen molar-refractivity contribution in [1.82, 2.24) is 0 Å². The van der Waals surface area contributed by atoms with E-state index >= 15 is 0 Å². The van der Waals surface area contributed by atoms with Gasteiger partial charge in [-0.3, -0.25) is 0 Å². The molecule has 274 valence electrons. The summed E-state index contributed by atoms with van der Waals surface area (Å²) in [5.74, 6) is 0. The summed E-state index contributed by atoms with van der Waals surface area (Å²) in [4.78, 5) is 2.04. The molecule has 0 saturated carbocycles. The van der Waals surface area contributed by atoms with Gasteiger partial charge in [0, 0.05) is 38.6 Å². The van der Waals surface area contributed by atoms with Gasteiger partial charge >= 0.3 is 0 Å². The summed E-state index contributed by atoms with van der Waals surface area (Å²) in [7, 11) is 47.1. The van der Waals surface area contributed by atoms with Crippen molar-refractivity contribution in [3.05, 3.63) is 157 Å². The molecule has 10 aromatic rings. The maximum Gasteiger partial charge on any atom is 0.143 e. The molecule has 0 spiro atoms. The first-order chi connectivity index (χ1) is 30.0. The Morgan fingerprint density at radius 1 is 0.435 bits per heavy atom. The molecule has 0 N–H and O–H groups in total. The molecular weight excluding hydrogens is 742 g/mol. The van der Waals surface area contributed by atoms with E-state index in [0.29, 0.717) is 16.5 Å². The van der Waals surface area contributed by atoms with Crippen molar-refractivity contribution in [1.29, 1.82) is 0 Å². The van der Waals surface area contributed by atoms with E-state index in [1.165, 1.54) is 27.8 Å². The van der Waals surface area contributed by atoms with Crippen molar-refractivity contribution in [2.24, 2.45) is 0 Å². The van der Waals surface area contributed by atoms with Gasteiger partial charge < -0.3 is 9.32 Å². The standard InChI is InChI=1S/C53H30B7NO/c1-53(2)38-18-6-5-14-35(38)36-17-8-16-33(43(36)53)28-20-23-30(24-21-28)61(51-42-41(45(55)49(59)50(51)60)44(54)47(57)48(58)46(42)56)31-12-7-11-29(26-31)32-15-9-19-39-40(32)37-25-22-27-10-3-4-13-34(27)52(37)62-39/h3-26H,1-2H3. The van der Waals surface area contributed by atoms with Crippen molar-refractivity contribution in [2.45, 2.75) is 19.3 Å². The minimum atomic E-state index is -0.196. The van der Waals surface area contributed by atoms with Gasteiger partial charge in [-0.2, -0.15) is 0 Å². The molecule has 14 radical (unpaired) electrons. The SMILES string of the molecule is [B]c1c([B])c([B])c2c(N(c3ccc(-c4cccc5c4C(C)(C)c4ccccc4-5)cc3)c3cccc(-c4cccc5oc6c7ccccc7ccc6c45)c3)c([B])c([B])c([B])c2c1[B]. The van der Waals surface area contributed by atoms with Crippen LogP contribution in [-0.4, -0.2) is 54.9 Å². The Kier molecular flexibility index (Phi) is 8.71. The quantitative estimate of drug-likeness (QED) is 0.185.